The van der Waals surface area contributed by atoms with Crippen LogP contribution in [0.4, 0.5) is 0 Å². The van der Waals surface area contributed by atoms with Gasteiger partial charge in [0.25, 0.3) is 5.91 Å². The van der Waals surface area contributed by atoms with E-state index in [9.17, 15) is 9.59 Å². The number of nitriles is 1. The second-order valence-corrected chi connectivity index (χ2v) is 4.27. The Morgan fingerprint density at radius 1 is 1.47 bits per heavy atom. The van der Waals surface area contributed by atoms with E-state index in [1.165, 1.54) is 6.07 Å². The van der Waals surface area contributed by atoms with Gasteiger partial charge in [-0.1, -0.05) is 19.4 Å². The standard InChI is InChI=1S/C14H16N2O3/c1-2-10(7-13(17)18)9-16-14(19)12-5-3-4-11(6-12)8-15/h3-6,10H,2,7,9H2,1H3,(H,16,19)(H,17,18). The van der Waals surface area contributed by atoms with Crippen LogP contribution in [0.5, 0.6) is 0 Å². The second kappa shape index (κ2) is 7.17. The maximum atomic E-state index is 11.9. The van der Waals surface area contributed by atoms with E-state index in [-0.39, 0.29) is 18.2 Å². The fraction of sp³-hybridized carbons (Fsp3) is 0.357. The fourth-order valence-corrected chi connectivity index (χ4v) is 1.68. The maximum Gasteiger partial charge on any atom is 0.303 e. The SMILES string of the molecule is CCC(CNC(=O)c1cccc(C#N)c1)CC(=O)O. The van der Waals surface area contributed by atoms with E-state index in [4.69, 9.17) is 10.4 Å². The first kappa shape index (κ1) is 14.7. The van der Waals surface area contributed by atoms with Gasteiger partial charge < -0.3 is 10.4 Å². The molecule has 1 amide bonds. The lowest BCUT2D eigenvalue weighted by Crippen LogP contribution is -2.30. The highest BCUT2D eigenvalue weighted by Crippen LogP contribution is 2.08. The average molecular weight is 260 g/mol. The predicted octanol–water partition coefficient (Wildman–Crippen LogP) is 1.79. The number of carboxylic acids is 1. The topological polar surface area (TPSA) is 90.2 Å². The summed E-state index contributed by atoms with van der Waals surface area (Å²) in [5, 5.41) is 20.2. The largest absolute Gasteiger partial charge is 0.481 e. The van der Waals surface area contributed by atoms with Gasteiger partial charge in [0.1, 0.15) is 0 Å². The highest BCUT2D eigenvalue weighted by Gasteiger charge is 2.13. The summed E-state index contributed by atoms with van der Waals surface area (Å²) < 4.78 is 0. The lowest BCUT2D eigenvalue weighted by atomic mass is 10.0. The van der Waals surface area contributed by atoms with E-state index in [0.29, 0.717) is 24.1 Å². The molecule has 0 aliphatic rings. The second-order valence-electron chi connectivity index (χ2n) is 4.27. The molecule has 0 fully saturated rings. The number of amides is 1. The van der Waals surface area contributed by atoms with Gasteiger partial charge in [-0.05, 0) is 24.1 Å². The summed E-state index contributed by atoms with van der Waals surface area (Å²) in [7, 11) is 0. The molecule has 1 aromatic rings. The number of nitrogens with one attached hydrogen (secondary N) is 1. The molecule has 5 nitrogen and oxygen atoms in total. The number of rotatable bonds is 6. The molecule has 1 unspecified atom stereocenters. The number of carboxylic acid groups (broad SMARTS) is 1. The van der Waals surface area contributed by atoms with E-state index >= 15 is 0 Å². The number of hydrogen-bond acceptors (Lipinski definition) is 3. The van der Waals surface area contributed by atoms with Crippen molar-refractivity contribution in [1.29, 1.82) is 5.26 Å². The summed E-state index contributed by atoms with van der Waals surface area (Å²) in [4.78, 5) is 22.5. The molecule has 0 saturated carbocycles. The molecular weight excluding hydrogens is 244 g/mol. The van der Waals surface area contributed by atoms with Crippen LogP contribution >= 0.6 is 0 Å². The third-order valence-electron chi connectivity index (χ3n) is 2.85. The molecule has 1 aromatic carbocycles. The van der Waals surface area contributed by atoms with Gasteiger partial charge in [0, 0.05) is 18.5 Å². The van der Waals surface area contributed by atoms with Crippen molar-refractivity contribution in [2.24, 2.45) is 5.92 Å². The normalized spacial score (nSPS) is 11.4. The molecule has 100 valence electrons. The van der Waals surface area contributed by atoms with Crippen LogP contribution in [0.2, 0.25) is 0 Å². The van der Waals surface area contributed by atoms with Gasteiger partial charge in [-0.25, -0.2) is 0 Å². The van der Waals surface area contributed by atoms with Crippen LogP contribution in [0.1, 0.15) is 35.7 Å². The number of benzene rings is 1. The summed E-state index contributed by atoms with van der Waals surface area (Å²) in [5.74, 6) is -1.24. The Kier molecular flexibility index (Phi) is 5.55. The van der Waals surface area contributed by atoms with Gasteiger partial charge in [-0.3, -0.25) is 9.59 Å². The molecule has 2 N–H and O–H groups in total. The molecule has 19 heavy (non-hydrogen) atoms. The van der Waals surface area contributed by atoms with Crippen molar-refractivity contribution in [2.75, 3.05) is 6.54 Å². The molecule has 0 aliphatic carbocycles. The first-order valence-electron chi connectivity index (χ1n) is 6.07. The molecule has 1 atom stereocenters. The van der Waals surface area contributed by atoms with E-state index in [0.717, 1.165) is 0 Å². The summed E-state index contributed by atoms with van der Waals surface area (Å²) in [5.41, 5.74) is 0.828. The van der Waals surface area contributed by atoms with E-state index in [2.05, 4.69) is 5.32 Å². The van der Waals surface area contributed by atoms with Crippen LogP contribution < -0.4 is 5.32 Å². The molecule has 5 heteroatoms. The number of hydrogen-bond donors (Lipinski definition) is 2. The monoisotopic (exact) mass is 260 g/mol. The minimum absolute atomic E-state index is 0.0367. The Bertz CT molecular complexity index is 506. The average Bonchev–Trinajstić information content (AvgIpc) is 2.42. The van der Waals surface area contributed by atoms with Crippen molar-refractivity contribution in [2.45, 2.75) is 19.8 Å². The number of carbonyl (C=O) groups excluding carboxylic acids is 1. The Hall–Kier alpha value is -2.35. The quantitative estimate of drug-likeness (QED) is 0.815. The summed E-state index contributed by atoms with van der Waals surface area (Å²) in [6, 6.07) is 8.36. The van der Waals surface area contributed by atoms with Crippen molar-refractivity contribution in [1.82, 2.24) is 5.32 Å². The number of aliphatic carboxylic acids is 1. The van der Waals surface area contributed by atoms with Crippen molar-refractivity contribution in [3.8, 4) is 6.07 Å². The zero-order chi connectivity index (χ0) is 14.3. The minimum Gasteiger partial charge on any atom is -0.481 e. The molecule has 0 aromatic heterocycles. The van der Waals surface area contributed by atoms with Crippen LogP contribution in [0.15, 0.2) is 24.3 Å². The molecule has 0 bridgehead atoms. The third kappa shape index (κ3) is 4.80. The van der Waals surface area contributed by atoms with E-state index in [1.807, 2.05) is 13.0 Å². The van der Waals surface area contributed by atoms with Crippen LogP contribution in [-0.4, -0.2) is 23.5 Å². The highest BCUT2D eigenvalue weighted by atomic mass is 16.4. The summed E-state index contributed by atoms with van der Waals surface area (Å²) in [6.45, 7) is 2.20. The van der Waals surface area contributed by atoms with Crippen LogP contribution in [0.25, 0.3) is 0 Å². The first-order chi connectivity index (χ1) is 9.06. The fourth-order valence-electron chi connectivity index (χ4n) is 1.68. The molecule has 0 spiro atoms. The molecule has 1 rings (SSSR count). The van der Waals surface area contributed by atoms with Crippen molar-refractivity contribution in [3.63, 3.8) is 0 Å². The number of nitrogens with zero attached hydrogens (tertiary/aromatic N) is 1. The van der Waals surface area contributed by atoms with Crippen molar-refractivity contribution >= 4 is 11.9 Å². The van der Waals surface area contributed by atoms with E-state index in [1.54, 1.807) is 18.2 Å². The van der Waals surface area contributed by atoms with Gasteiger partial charge >= 0.3 is 5.97 Å². The minimum atomic E-state index is -0.868. The summed E-state index contributed by atoms with van der Waals surface area (Å²) in [6.07, 6.45) is 0.722. The lowest BCUT2D eigenvalue weighted by molar-refractivity contribution is -0.138. The molecule has 0 aliphatic heterocycles. The Balaban J connectivity index is 2.59. The first-order valence-corrected chi connectivity index (χ1v) is 6.07. The van der Waals surface area contributed by atoms with Crippen LogP contribution in [-0.2, 0) is 4.79 Å². The number of carbonyl (C=O) groups is 2. The maximum absolute atomic E-state index is 11.9. The van der Waals surface area contributed by atoms with Crippen molar-refractivity contribution in [3.05, 3.63) is 35.4 Å². The van der Waals surface area contributed by atoms with Crippen LogP contribution in [0, 0.1) is 17.2 Å². The smallest absolute Gasteiger partial charge is 0.303 e. The lowest BCUT2D eigenvalue weighted by Gasteiger charge is -2.13. The van der Waals surface area contributed by atoms with Gasteiger partial charge in [0.15, 0.2) is 0 Å². The molecular formula is C14H16N2O3. The zero-order valence-electron chi connectivity index (χ0n) is 10.7. The molecule has 0 saturated heterocycles. The Morgan fingerprint density at radius 2 is 2.21 bits per heavy atom. The van der Waals surface area contributed by atoms with Crippen molar-refractivity contribution < 1.29 is 14.7 Å². The zero-order valence-corrected chi connectivity index (χ0v) is 10.7. The molecule has 0 heterocycles. The van der Waals surface area contributed by atoms with Crippen LogP contribution in [0.3, 0.4) is 0 Å². The Labute approximate surface area is 111 Å². The highest BCUT2D eigenvalue weighted by molar-refractivity contribution is 5.94. The summed E-state index contributed by atoms with van der Waals surface area (Å²) >= 11 is 0. The molecule has 0 radical (unpaired) electrons. The Morgan fingerprint density at radius 3 is 2.79 bits per heavy atom. The van der Waals surface area contributed by atoms with Gasteiger partial charge in [0.05, 0.1) is 11.6 Å². The van der Waals surface area contributed by atoms with Gasteiger partial charge in [-0.15, -0.1) is 0 Å². The van der Waals surface area contributed by atoms with E-state index < -0.39 is 5.97 Å². The predicted molar refractivity (Wildman–Crippen MR) is 69.5 cm³/mol. The van der Waals surface area contributed by atoms with Gasteiger partial charge in [-0.2, -0.15) is 5.26 Å². The third-order valence-corrected chi connectivity index (χ3v) is 2.85. The van der Waals surface area contributed by atoms with Gasteiger partial charge in [0.2, 0.25) is 0 Å².